The van der Waals surface area contributed by atoms with Crippen LogP contribution in [0, 0.1) is 0 Å². The summed E-state index contributed by atoms with van der Waals surface area (Å²) in [5.74, 6) is 0. The Balaban J connectivity index is 2.34. The normalized spacial score (nSPS) is 22.1. The zero-order chi connectivity index (χ0) is 8.97. The summed E-state index contributed by atoms with van der Waals surface area (Å²) in [6, 6.07) is 0.0848. The van der Waals surface area contributed by atoms with Gasteiger partial charge >= 0.3 is 6.09 Å². The molecular weight excluding hydrogens is 160 g/mol. The van der Waals surface area contributed by atoms with Crippen molar-refractivity contribution in [2.75, 3.05) is 20.2 Å². The molecule has 1 unspecified atom stereocenters. The van der Waals surface area contributed by atoms with E-state index in [0.29, 0.717) is 19.5 Å². The Labute approximate surface area is 70.7 Å². The smallest absolute Gasteiger partial charge is 0.409 e. The highest BCUT2D eigenvalue weighted by atomic mass is 16.5. The molecule has 0 aromatic heterocycles. The largest absolute Gasteiger partial charge is 0.453 e. The Kier molecular flexibility index (Phi) is 2.90. The topological polar surface area (TPSA) is 58.6 Å². The Bertz CT molecular complexity index is 183. The van der Waals surface area contributed by atoms with E-state index < -0.39 is 0 Å². The van der Waals surface area contributed by atoms with Crippen molar-refractivity contribution in [3.63, 3.8) is 0 Å². The first-order chi connectivity index (χ1) is 5.77. The second-order valence-electron chi connectivity index (χ2n) is 2.69. The van der Waals surface area contributed by atoms with E-state index in [9.17, 15) is 9.59 Å². The van der Waals surface area contributed by atoms with Gasteiger partial charge in [-0.05, 0) is 6.42 Å². The summed E-state index contributed by atoms with van der Waals surface area (Å²) in [6.45, 7) is 1.20. The third kappa shape index (κ3) is 1.87. The van der Waals surface area contributed by atoms with Crippen LogP contribution in [0.5, 0.6) is 0 Å². The monoisotopic (exact) mass is 172 g/mol. The molecular formula is C7H12N2O3. The Hall–Kier alpha value is -1.26. The maximum atomic E-state index is 11.0. The molecule has 0 aromatic rings. The number of rotatable bonds is 2. The predicted octanol–water partition coefficient (Wildman–Crippen LogP) is -0.427. The van der Waals surface area contributed by atoms with Crippen molar-refractivity contribution in [1.82, 2.24) is 10.2 Å². The lowest BCUT2D eigenvalue weighted by atomic mass is 10.3. The number of hydrogen-bond donors (Lipinski definition) is 1. The fraction of sp³-hybridized carbons (Fsp3) is 0.714. The van der Waals surface area contributed by atoms with Crippen LogP contribution in [0.15, 0.2) is 0 Å². The lowest BCUT2D eigenvalue weighted by Gasteiger charge is -2.13. The average Bonchev–Trinajstić information content (AvgIpc) is 2.52. The molecule has 1 N–H and O–H groups in total. The van der Waals surface area contributed by atoms with Crippen molar-refractivity contribution in [3.8, 4) is 0 Å². The molecule has 12 heavy (non-hydrogen) atoms. The van der Waals surface area contributed by atoms with Gasteiger partial charge < -0.3 is 15.0 Å². The minimum atomic E-state index is -0.329. The molecule has 1 atom stereocenters. The highest BCUT2D eigenvalue weighted by molar-refractivity contribution is 5.68. The quantitative estimate of drug-likeness (QED) is 0.575. The molecule has 1 rings (SSSR count). The van der Waals surface area contributed by atoms with Crippen molar-refractivity contribution in [2.45, 2.75) is 12.5 Å². The van der Waals surface area contributed by atoms with Gasteiger partial charge in [0, 0.05) is 19.1 Å². The first kappa shape index (κ1) is 8.83. The lowest BCUT2D eigenvalue weighted by molar-refractivity contribution is -0.110. The molecule has 2 amide bonds. The van der Waals surface area contributed by atoms with Gasteiger partial charge in [0.15, 0.2) is 0 Å². The van der Waals surface area contributed by atoms with E-state index in [2.05, 4.69) is 10.1 Å². The van der Waals surface area contributed by atoms with Crippen molar-refractivity contribution >= 4 is 12.5 Å². The molecule has 5 heteroatoms. The predicted molar refractivity (Wildman–Crippen MR) is 41.6 cm³/mol. The third-order valence-corrected chi connectivity index (χ3v) is 1.92. The zero-order valence-corrected chi connectivity index (χ0v) is 6.95. The molecule has 0 aromatic carbocycles. The maximum absolute atomic E-state index is 11.0. The van der Waals surface area contributed by atoms with E-state index in [4.69, 9.17) is 0 Å². The van der Waals surface area contributed by atoms with Crippen LogP contribution in [0.3, 0.4) is 0 Å². The van der Waals surface area contributed by atoms with Gasteiger partial charge in [0.05, 0.1) is 7.11 Å². The van der Waals surface area contributed by atoms with Gasteiger partial charge in [0.25, 0.3) is 0 Å². The van der Waals surface area contributed by atoms with E-state index in [1.165, 1.54) is 7.11 Å². The van der Waals surface area contributed by atoms with Crippen LogP contribution in [0.4, 0.5) is 4.79 Å². The third-order valence-electron chi connectivity index (χ3n) is 1.92. The summed E-state index contributed by atoms with van der Waals surface area (Å²) in [7, 11) is 1.35. The highest BCUT2D eigenvalue weighted by Gasteiger charge is 2.25. The molecule has 68 valence electrons. The number of hydrogen-bond acceptors (Lipinski definition) is 3. The summed E-state index contributed by atoms with van der Waals surface area (Å²) in [4.78, 5) is 22.6. The Morgan fingerprint density at radius 1 is 1.75 bits per heavy atom. The summed E-state index contributed by atoms with van der Waals surface area (Å²) in [5, 5.41) is 2.62. The summed E-state index contributed by atoms with van der Waals surface area (Å²) in [6.07, 6.45) is 1.13. The van der Waals surface area contributed by atoms with E-state index in [-0.39, 0.29) is 12.1 Å². The summed E-state index contributed by atoms with van der Waals surface area (Å²) in [5.41, 5.74) is 0. The zero-order valence-electron chi connectivity index (χ0n) is 6.95. The minimum Gasteiger partial charge on any atom is -0.453 e. The number of carbonyl (C=O) groups excluding carboxylic acids is 2. The molecule has 1 aliphatic rings. The van der Waals surface area contributed by atoms with Gasteiger partial charge in [0.1, 0.15) is 0 Å². The van der Waals surface area contributed by atoms with E-state index in [0.717, 1.165) is 6.42 Å². The van der Waals surface area contributed by atoms with Gasteiger partial charge in [-0.25, -0.2) is 4.79 Å². The molecule has 5 nitrogen and oxygen atoms in total. The van der Waals surface area contributed by atoms with E-state index >= 15 is 0 Å². The molecule has 1 fully saturated rings. The summed E-state index contributed by atoms with van der Waals surface area (Å²) >= 11 is 0. The average molecular weight is 172 g/mol. The van der Waals surface area contributed by atoms with Crippen LogP contribution >= 0.6 is 0 Å². The van der Waals surface area contributed by atoms with E-state index in [1.807, 2.05) is 0 Å². The number of amides is 2. The molecule has 1 aliphatic heterocycles. The van der Waals surface area contributed by atoms with Gasteiger partial charge in [-0.3, -0.25) is 4.79 Å². The fourth-order valence-corrected chi connectivity index (χ4v) is 1.29. The van der Waals surface area contributed by atoms with Crippen LogP contribution < -0.4 is 5.32 Å². The Morgan fingerprint density at radius 3 is 3.08 bits per heavy atom. The number of methoxy groups -OCH3 is 1. The van der Waals surface area contributed by atoms with Crippen molar-refractivity contribution in [2.24, 2.45) is 0 Å². The van der Waals surface area contributed by atoms with Gasteiger partial charge in [-0.2, -0.15) is 0 Å². The second-order valence-corrected chi connectivity index (χ2v) is 2.69. The van der Waals surface area contributed by atoms with Crippen LogP contribution in [0.2, 0.25) is 0 Å². The first-order valence-electron chi connectivity index (χ1n) is 3.80. The van der Waals surface area contributed by atoms with Crippen molar-refractivity contribution in [3.05, 3.63) is 0 Å². The molecule has 0 radical (unpaired) electrons. The SMILES string of the molecule is COC(=O)N1CCC(NC=O)C1. The molecule has 0 aliphatic carbocycles. The standard InChI is InChI=1S/C7H12N2O3/c1-12-7(11)9-3-2-6(4-9)8-5-10/h5-6H,2-4H2,1H3,(H,8,10). The highest BCUT2D eigenvalue weighted by Crippen LogP contribution is 2.09. The van der Waals surface area contributed by atoms with Crippen LogP contribution in [0.1, 0.15) is 6.42 Å². The molecule has 1 saturated heterocycles. The van der Waals surface area contributed by atoms with Crippen LogP contribution in [-0.2, 0) is 9.53 Å². The summed E-state index contributed by atoms with van der Waals surface area (Å²) < 4.78 is 4.53. The molecule has 0 spiro atoms. The Morgan fingerprint density at radius 2 is 2.50 bits per heavy atom. The molecule has 0 saturated carbocycles. The first-order valence-corrected chi connectivity index (χ1v) is 3.80. The van der Waals surface area contributed by atoms with Crippen molar-refractivity contribution < 1.29 is 14.3 Å². The number of carbonyl (C=O) groups is 2. The fourth-order valence-electron chi connectivity index (χ4n) is 1.29. The van der Waals surface area contributed by atoms with Crippen molar-refractivity contribution in [1.29, 1.82) is 0 Å². The number of ether oxygens (including phenoxy) is 1. The lowest BCUT2D eigenvalue weighted by Crippen LogP contribution is -2.34. The van der Waals surface area contributed by atoms with Crippen LogP contribution in [0.25, 0.3) is 0 Å². The molecule has 0 bridgehead atoms. The minimum absolute atomic E-state index is 0.0848. The van der Waals surface area contributed by atoms with Gasteiger partial charge in [0.2, 0.25) is 6.41 Å². The number of likely N-dealkylation sites (tertiary alicyclic amines) is 1. The van der Waals surface area contributed by atoms with Gasteiger partial charge in [-0.1, -0.05) is 0 Å². The number of nitrogens with zero attached hydrogens (tertiary/aromatic N) is 1. The number of nitrogens with one attached hydrogen (secondary N) is 1. The maximum Gasteiger partial charge on any atom is 0.409 e. The second kappa shape index (κ2) is 3.94. The van der Waals surface area contributed by atoms with Gasteiger partial charge in [-0.15, -0.1) is 0 Å². The van der Waals surface area contributed by atoms with E-state index in [1.54, 1.807) is 4.90 Å². The van der Waals surface area contributed by atoms with Crippen LogP contribution in [-0.4, -0.2) is 43.6 Å². The molecule has 1 heterocycles.